The van der Waals surface area contributed by atoms with Crippen LogP contribution in [0.25, 0.3) is 0 Å². The lowest BCUT2D eigenvalue weighted by atomic mass is 10.1. The van der Waals surface area contributed by atoms with Crippen LogP contribution in [0.15, 0.2) is 18.2 Å². The third-order valence-electron chi connectivity index (χ3n) is 3.97. The summed E-state index contributed by atoms with van der Waals surface area (Å²) >= 11 is 0. The van der Waals surface area contributed by atoms with Crippen molar-refractivity contribution in [2.45, 2.75) is 58.3 Å². The first-order valence-electron chi connectivity index (χ1n) is 8.73. The summed E-state index contributed by atoms with van der Waals surface area (Å²) in [5.74, 6) is 0.942. The molecule has 0 heterocycles. The Labute approximate surface area is 140 Å². The van der Waals surface area contributed by atoms with Crippen LogP contribution in [0.1, 0.15) is 68.6 Å². The topological polar surface area (TPSA) is 47.6 Å². The molecule has 1 aromatic carbocycles. The van der Waals surface area contributed by atoms with E-state index in [2.05, 4.69) is 12.2 Å². The molecule has 130 valence electrons. The zero-order valence-corrected chi connectivity index (χ0v) is 14.8. The van der Waals surface area contributed by atoms with Crippen molar-refractivity contribution in [3.05, 3.63) is 23.8 Å². The molecular formula is C19H31NO3. The normalized spacial score (nSPS) is 10.4. The third-order valence-corrected chi connectivity index (χ3v) is 3.97. The van der Waals surface area contributed by atoms with Crippen molar-refractivity contribution >= 4 is 5.91 Å². The Kier molecular flexibility index (Phi) is 9.92. The monoisotopic (exact) mass is 321 g/mol. The summed E-state index contributed by atoms with van der Waals surface area (Å²) in [5.41, 5.74) is 0.470. The van der Waals surface area contributed by atoms with Gasteiger partial charge in [0.25, 0.3) is 5.91 Å². The van der Waals surface area contributed by atoms with Crippen molar-refractivity contribution in [2.75, 3.05) is 20.8 Å². The minimum atomic E-state index is -0.137. The van der Waals surface area contributed by atoms with E-state index in [1.165, 1.54) is 38.5 Å². The fourth-order valence-electron chi connectivity index (χ4n) is 2.62. The van der Waals surface area contributed by atoms with Gasteiger partial charge in [-0.15, -0.1) is 0 Å². The van der Waals surface area contributed by atoms with E-state index in [4.69, 9.17) is 9.47 Å². The Balaban J connectivity index is 2.29. The average molecular weight is 321 g/mol. The number of unbranched alkanes of at least 4 members (excludes halogenated alkanes) is 7. The van der Waals surface area contributed by atoms with Gasteiger partial charge in [0.05, 0.1) is 14.2 Å². The van der Waals surface area contributed by atoms with Gasteiger partial charge in [-0.3, -0.25) is 4.79 Å². The Morgan fingerprint density at radius 3 is 1.96 bits per heavy atom. The first kappa shape index (κ1) is 19.3. The van der Waals surface area contributed by atoms with Crippen molar-refractivity contribution in [1.29, 1.82) is 0 Å². The van der Waals surface area contributed by atoms with Crippen LogP contribution < -0.4 is 14.8 Å². The van der Waals surface area contributed by atoms with E-state index in [1.807, 2.05) is 6.07 Å². The standard InChI is InChI=1S/C19H31NO3/c1-4-5-6-7-8-9-10-11-15-20-19(21)18-16(22-2)13-12-14-17(18)23-3/h12-14H,4-11,15H2,1-3H3,(H,20,21). The average Bonchev–Trinajstić information content (AvgIpc) is 2.59. The van der Waals surface area contributed by atoms with Gasteiger partial charge in [0.1, 0.15) is 17.1 Å². The Bertz CT molecular complexity index is 438. The van der Waals surface area contributed by atoms with E-state index in [0.29, 0.717) is 23.6 Å². The van der Waals surface area contributed by atoms with Gasteiger partial charge >= 0.3 is 0 Å². The smallest absolute Gasteiger partial charge is 0.258 e. The van der Waals surface area contributed by atoms with Crippen LogP contribution in [0.4, 0.5) is 0 Å². The third kappa shape index (κ3) is 6.93. The molecule has 4 heteroatoms. The van der Waals surface area contributed by atoms with E-state index in [0.717, 1.165) is 12.8 Å². The molecule has 1 amide bonds. The van der Waals surface area contributed by atoms with Crippen LogP contribution in [0.5, 0.6) is 11.5 Å². The molecule has 0 bridgehead atoms. The summed E-state index contributed by atoms with van der Waals surface area (Å²) in [7, 11) is 3.12. The lowest BCUT2D eigenvalue weighted by molar-refractivity contribution is 0.0946. The number of benzene rings is 1. The van der Waals surface area contributed by atoms with Crippen LogP contribution in [0.3, 0.4) is 0 Å². The molecule has 23 heavy (non-hydrogen) atoms. The zero-order chi connectivity index (χ0) is 16.9. The van der Waals surface area contributed by atoms with Crippen molar-refractivity contribution in [2.24, 2.45) is 0 Å². The SMILES string of the molecule is CCCCCCCCCCNC(=O)c1c(OC)cccc1OC. The van der Waals surface area contributed by atoms with Crippen molar-refractivity contribution in [1.82, 2.24) is 5.32 Å². The van der Waals surface area contributed by atoms with E-state index >= 15 is 0 Å². The van der Waals surface area contributed by atoms with Crippen LogP contribution in [0.2, 0.25) is 0 Å². The summed E-state index contributed by atoms with van der Waals surface area (Å²) in [6.07, 6.45) is 10.0. The lowest BCUT2D eigenvalue weighted by Gasteiger charge is -2.13. The predicted molar refractivity (Wildman–Crippen MR) is 94.5 cm³/mol. The van der Waals surface area contributed by atoms with Crippen LogP contribution in [-0.2, 0) is 0 Å². The van der Waals surface area contributed by atoms with E-state index < -0.39 is 0 Å². The Morgan fingerprint density at radius 2 is 1.43 bits per heavy atom. The molecule has 0 saturated carbocycles. The minimum absolute atomic E-state index is 0.137. The Hall–Kier alpha value is -1.71. The van der Waals surface area contributed by atoms with Crippen LogP contribution in [0, 0.1) is 0 Å². The van der Waals surface area contributed by atoms with E-state index in [9.17, 15) is 4.79 Å². The lowest BCUT2D eigenvalue weighted by Crippen LogP contribution is -2.25. The molecule has 0 aliphatic carbocycles. The molecule has 0 atom stereocenters. The van der Waals surface area contributed by atoms with Gasteiger partial charge in [-0.2, -0.15) is 0 Å². The maximum atomic E-state index is 12.3. The summed E-state index contributed by atoms with van der Waals surface area (Å²) in [6, 6.07) is 5.36. The summed E-state index contributed by atoms with van der Waals surface area (Å²) in [5, 5.41) is 2.96. The summed E-state index contributed by atoms with van der Waals surface area (Å²) in [4.78, 5) is 12.3. The number of hydrogen-bond donors (Lipinski definition) is 1. The zero-order valence-electron chi connectivity index (χ0n) is 14.8. The van der Waals surface area contributed by atoms with Gasteiger partial charge in [-0.25, -0.2) is 0 Å². The molecule has 4 nitrogen and oxygen atoms in total. The van der Waals surface area contributed by atoms with Gasteiger partial charge in [-0.05, 0) is 18.6 Å². The molecule has 0 radical (unpaired) electrons. The molecule has 0 unspecified atom stereocenters. The number of amides is 1. The molecule has 1 rings (SSSR count). The number of nitrogens with one attached hydrogen (secondary N) is 1. The number of carbonyl (C=O) groups excluding carboxylic acids is 1. The molecule has 0 aliphatic rings. The predicted octanol–water partition coefficient (Wildman–Crippen LogP) is 4.57. The van der Waals surface area contributed by atoms with E-state index in [1.54, 1.807) is 26.4 Å². The van der Waals surface area contributed by atoms with Crippen molar-refractivity contribution < 1.29 is 14.3 Å². The number of rotatable bonds is 12. The highest BCUT2D eigenvalue weighted by atomic mass is 16.5. The molecule has 0 spiro atoms. The quantitative estimate of drug-likeness (QED) is 0.573. The van der Waals surface area contributed by atoms with Gasteiger partial charge < -0.3 is 14.8 Å². The second-order valence-electron chi connectivity index (χ2n) is 5.77. The molecule has 0 fully saturated rings. The second-order valence-corrected chi connectivity index (χ2v) is 5.77. The van der Waals surface area contributed by atoms with Gasteiger partial charge in [0, 0.05) is 6.54 Å². The molecule has 0 aromatic heterocycles. The fourth-order valence-corrected chi connectivity index (χ4v) is 2.62. The molecule has 0 saturated heterocycles. The second kappa shape index (κ2) is 11.8. The van der Waals surface area contributed by atoms with Crippen molar-refractivity contribution in [3.63, 3.8) is 0 Å². The summed E-state index contributed by atoms with van der Waals surface area (Å²) < 4.78 is 10.5. The van der Waals surface area contributed by atoms with Crippen molar-refractivity contribution in [3.8, 4) is 11.5 Å². The van der Waals surface area contributed by atoms with Crippen LogP contribution in [-0.4, -0.2) is 26.7 Å². The Morgan fingerprint density at radius 1 is 0.913 bits per heavy atom. The maximum absolute atomic E-state index is 12.3. The maximum Gasteiger partial charge on any atom is 0.258 e. The van der Waals surface area contributed by atoms with Gasteiger partial charge in [-0.1, -0.05) is 57.9 Å². The molecule has 1 N–H and O–H groups in total. The highest BCUT2D eigenvalue weighted by Crippen LogP contribution is 2.27. The largest absolute Gasteiger partial charge is 0.496 e. The highest BCUT2D eigenvalue weighted by Gasteiger charge is 2.17. The first-order valence-corrected chi connectivity index (χ1v) is 8.73. The fraction of sp³-hybridized carbons (Fsp3) is 0.632. The minimum Gasteiger partial charge on any atom is -0.496 e. The van der Waals surface area contributed by atoms with Gasteiger partial charge in [0.2, 0.25) is 0 Å². The number of carbonyl (C=O) groups is 1. The van der Waals surface area contributed by atoms with E-state index in [-0.39, 0.29) is 5.91 Å². The van der Waals surface area contributed by atoms with Crippen LogP contribution >= 0.6 is 0 Å². The summed E-state index contributed by atoms with van der Waals surface area (Å²) in [6.45, 7) is 2.93. The van der Waals surface area contributed by atoms with Gasteiger partial charge in [0.15, 0.2) is 0 Å². The molecule has 0 aliphatic heterocycles. The molecular weight excluding hydrogens is 290 g/mol. The molecule has 1 aromatic rings. The first-order chi connectivity index (χ1) is 11.2. The number of hydrogen-bond acceptors (Lipinski definition) is 3. The number of ether oxygens (including phenoxy) is 2. The number of methoxy groups -OCH3 is 2. The highest BCUT2D eigenvalue weighted by molar-refractivity contribution is 5.99.